The van der Waals surface area contributed by atoms with E-state index in [1.165, 1.54) is 25.3 Å². The van der Waals surface area contributed by atoms with Crippen LogP contribution in [0.15, 0.2) is 18.2 Å². The summed E-state index contributed by atoms with van der Waals surface area (Å²) in [6.07, 6.45) is -5.91. The van der Waals surface area contributed by atoms with Gasteiger partial charge in [-0.05, 0) is 13.0 Å². The van der Waals surface area contributed by atoms with E-state index in [2.05, 4.69) is 6.07 Å². The van der Waals surface area contributed by atoms with E-state index < -0.39 is 95.8 Å². The zero-order valence-electron chi connectivity index (χ0n) is 25.1. The normalized spacial score (nSPS) is 34.0. The van der Waals surface area contributed by atoms with Gasteiger partial charge in [0.2, 0.25) is 5.78 Å². The minimum atomic E-state index is -2.06. The van der Waals surface area contributed by atoms with Gasteiger partial charge in [-0.15, -0.1) is 0 Å². The number of phenols is 2. The zero-order chi connectivity index (χ0) is 32.7. The first-order chi connectivity index (χ1) is 22.0. The van der Waals surface area contributed by atoms with Gasteiger partial charge in [-0.1, -0.05) is 12.1 Å². The molecule has 5 N–H and O–H groups in total. The van der Waals surface area contributed by atoms with Crippen LogP contribution >= 0.6 is 0 Å². The number of nitriles is 1. The predicted octanol–water partition coefficient (Wildman–Crippen LogP) is 0.423. The van der Waals surface area contributed by atoms with Gasteiger partial charge in [0.15, 0.2) is 12.1 Å². The van der Waals surface area contributed by atoms with Crippen molar-refractivity contribution in [3.8, 4) is 23.3 Å². The second-order valence-corrected chi connectivity index (χ2v) is 12.4. The number of carbonyl (C=O) groups excluding carboxylic acids is 2. The topological polar surface area (TPSA) is 208 Å². The summed E-state index contributed by atoms with van der Waals surface area (Å²) in [5.74, 6) is -2.64. The Kier molecular flexibility index (Phi) is 7.58. The molecule has 9 atom stereocenters. The number of carbonyl (C=O) groups is 2. The maximum absolute atomic E-state index is 13.9. The molecule has 2 aromatic carbocycles. The summed E-state index contributed by atoms with van der Waals surface area (Å²) >= 11 is 0. The van der Waals surface area contributed by atoms with E-state index in [0.29, 0.717) is 0 Å². The van der Waals surface area contributed by atoms with Crippen molar-refractivity contribution in [1.82, 2.24) is 4.90 Å². The summed E-state index contributed by atoms with van der Waals surface area (Å²) in [5.41, 5.74) is -3.21. The van der Waals surface area contributed by atoms with Gasteiger partial charge in [-0.25, -0.2) is 0 Å². The summed E-state index contributed by atoms with van der Waals surface area (Å²) in [6.45, 7) is 1.46. The molecule has 5 aliphatic rings. The fourth-order valence-corrected chi connectivity index (χ4v) is 7.76. The number of ether oxygens (including phenoxy) is 5. The lowest BCUT2D eigenvalue weighted by Crippen LogP contribution is -2.56. The second kappa shape index (κ2) is 11.3. The number of hydrogen-bond donors (Lipinski definition) is 5. The maximum atomic E-state index is 13.9. The number of aliphatic hydroxyl groups excluding tert-OH is 2. The predicted molar refractivity (Wildman–Crippen MR) is 153 cm³/mol. The number of nitrogens with zero attached hydrogens (tertiary/aromatic N) is 2. The van der Waals surface area contributed by atoms with Crippen LogP contribution in [0, 0.1) is 11.3 Å². The molecule has 2 aliphatic carbocycles. The molecule has 0 amide bonds. The number of hydrogen-bond acceptors (Lipinski definition) is 14. The molecule has 0 bridgehead atoms. The number of morpholine rings is 1. The van der Waals surface area contributed by atoms with Crippen LogP contribution in [0.2, 0.25) is 0 Å². The minimum absolute atomic E-state index is 0.0317. The van der Waals surface area contributed by atoms with Gasteiger partial charge in [0.1, 0.15) is 41.7 Å². The number of ketones is 2. The van der Waals surface area contributed by atoms with Crippen molar-refractivity contribution < 1.29 is 58.8 Å². The molecule has 244 valence electrons. The number of aliphatic hydroxyl groups is 3. The Balaban J connectivity index is 1.31. The van der Waals surface area contributed by atoms with E-state index in [-0.39, 0.29) is 60.1 Å². The molecule has 0 aromatic heterocycles. The van der Waals surface area contributed by atoms with Crippen LogP contribution in [0.4, 0.5) is 0 Å². The lowest BCUT2D eigenvalue weighted by Gasteiger charge is -2.45. The lowest BCUT2D eigenvalue weighted by molar-refractivity contribution is -0.251. The van der Waals surface area contributed by atoms with Crippen molar-refractivity contribution in [2.24, 2.45) is 0 Å². The first-order valence-corrected chi connectivity index (χ1v) is 15.1. The summed E-state index contributed by atoms with van der Waals surface area (Å²) in [6, 6.07) is 5.83. The average Bonchev–Trinajstić information content (AvgIpc) is 3.43. The third-order valence-corrected chi connectivity index (χ3v) is 9.93. The van der Waals surface area contributed by atoms with Crippen LogP contribution < -0.4 is 4.74 Å². The van der Waals surface area contributed by atoms with E-state index in [1.54, 1.807) is 6.92 Å². The van der Waals surface area contributed by atoms with Gasteiger partial charge in [0.05, 0.1) is 67.5 Å². The fraction of sp³-hybridized carbons (Fsp3) is 0.531. The molecule has 3 fully saturated rings. The zero-order valence-corrected chi connectivity index (χ0v) is 25.1. The molecule has 3 heterocycles. The average molecular weight is 639 g/mol. The van der Waals surface area contributed by atoms with E-state index in [0.717, 1.165) is 0 Å². The highest BCUT2D eigenvalue weighted by molar-refractivity contribution is 6.31. The molecular formula is C32H34N2O12. The summed E-state index contributed by atoms with van der Waals surface area (Å²) in [5, 5.41) is 65.2. The molecule has 3 aliphatic heterocycles. The Morgan fingerprint density at radius 3 is 2.61 bits per heavy atom. The van der Waals surface area contributed by atoms with Crippen LogP contribution in [0.5, 0.6) is 17.2 Å². The monoisotopic (exact) mass is 638 g/mol. The number of rotatable bonds is 5. The fourth-order valence-electron chi connectivity index (χ4n) is 7.76. The van der Waals surface area contributed by atoms with Gasteiger partial charge in [0, 0.05) is 42.0 Å². The van der Waals surface area contributed by atoms with E-state index in [1.807, 2.05) is 4.90 Å². The van der Waals surface area contributed by atoms with Crippen LogP contribution in [-0.4, -0.2) is 117 Å². The highest BCUT2D eigenvalue weighted by Crippen LogP contribution is 2.53. The van der Waals surface area contributed by atoms with E-state index in [4.69, 9.17) is 23.7 Å². The molecule has 0 radical (unpaired) electrons. The molecule has 2 aromatic rings. The molecule has 46 heavy (non-hydrogen) atoms. The third-order valence-electron chi connectivity index (χ3n) is 9.93. The van der Waals surface area contributed by atoms with Crippen molar-refractivity contribution in [3.63, 3.8) is 0 Å². The Hall–Kier alpha value is -3.65. The molecule has 3 saturated heterocycles. The van der Waals surface area contributed by atoms with Crippen molar-refractivity contribution in [2.45, 2.75) is 80.8 Å². The smallest absolute Gasteiger partial charge is 0.202 e. The highest BCUT2D eigenvalue weighted by Gasteiger charge is 2.55. The lowest BCUT2D eigenvalue weighted by atomic mass is 9.71. The molecule has 0 spiro atoms. The first kappa shape index (κ1) is 31.0. The molecular weight excluding hydrogens is 604 g/mol. The van der Waals surface area contributed by atoms with Gasteiger partial charge in [0.25, 0.3) is 0 Å². The standard InChI is InChI=1S/C32H34N2O12/c1-13-31-17(34-14(9-33)11-43-12-21(34)46-31)6-22(44-13)45-19-8-32(41,20(36)10-35)7-16-24(19)30(40)26-25(28(16)38)27(37)15-4-3-5-18(42-2)23(15)29(26)39/h3-5,13-14,17,19-22,31,35-36,38,40-41H,6-8,10-12H2,1-2H3. The molecule has 14 heteroatoms. The third kappa shape index (κ3) is 4.46. The minimum Gasteiger partial charge on any atom is -0.507 e. The van der Waals surface area contributed by atoms with Crippen LogP contribution in [0.3, 0.4) is 0 Å². The van der Waals surface area contributed by atoms with Crippen molar-refractivity contribution >= 4 is 11.6 Å². The summed E-state index contributed by atoms with van der Waals surface area (Å²) < 4.78 is 29.6. The number of aromatic hydroxyl groups is 2. The molecule has 0 saturated carbocycles. The highest BCUT2D eigenvalue weighted by atomic mass is 16.7. The Morgan fingerprint density at radius 2 is 1.89 bits per heavy atom. The van der Waals surface area contributed by atoms with E-state index >= 15 is 0 Å². The number of fused-ring (bicyclic) bond motifs is 6. The van der Waals surface area contributed by atoms with Crippen LogP contribution in [0.1, 0.15) is 68.8 Å². The van der Waals surface area contributed by atoms with Crippen molar-refractivity contribution in [1.29, 1.82) is 5.26 Å². The van der Waals surface area contributed by atoms with Gasteiger partial charge in [-0.2, -0.15) is 5.26 Å². The Bertz CT molecular complexity index is 1660. The number of phenolic OH excluding ortho intramolecular Hbond substituents is 2. The Labute approximate surface area is 263 Å². The summed E-state index contributed by atoms with van der Waals surface area (Å²) in [4.78, 5) is 29.5. The SMILES string of the molecule is COc1cccc2c1C(=O)c1c(O)c3c(c(O)c1C2=O)CC(O)(C(O)CO)CC3OC1CC2C(OC3COCC(C#N)N32)C(C)O1. The Morgan fingerprint density at radius 1 is 1.13 bits per heavy atom. The first-order valence-electron chi connectivity index (χ1n) is 15.1. The van der Waals surface area contributed by atoms with E-state index in [9.17, 15) is 40.4 Å². The quantitative estimate of drug-likeness (QED) is 0.240. The second-order valence-electron chi connectivity index (χ2n) is 12.4. The maximum Gasteiger partial charge on any atom is 0.202 e. The largest absolute Gasteiger partial charge is 0.507 e. The summed E-state index contributed by atoms with van der Waals surface area (Å²) in [7, 11) is 1.34. The molecule has 14 nitrogen and oxygen atoms in total. The van der Waals surface area contributed by atoms with Crippen molar-refractivity contribution in [3.05, 3.63) is 51.6 Å². The van der Waals surface area contributed by atoms with Crippen LogP contribution in [-0.2, 0) is 25.4 Å². The molecule has 9 unspecified atom stereocenters. The van der Waals surface area contributed by atoms with Gasteiger partial charge in [-0.3, -0.25) is 14.5 Å². The van der Waals surface area contributed by atoms with Gasteiger partial charge < -0.3 is 49.2 Å². The molecule has 7 rings (SSSR count). The van der Waals surface area contributed by atoms with Gasteiger partial charge >= 0.3 is 0 Å². The van der Waals surface area contributed by atoms with Crippen LogP contribution in [0.25, 0.3) is 0 Å². The van der Waals surface area contributed by atoms with Crippen molar-refractivity contribution in [2.75, 3.05) is 26.9 Å². The number of benzene rings is 2. The number of methoxy groups -OCH3 is 1.